The number of rotatable bonds is 6. The lowest BCUT2D eigenvalue weighted by atomic mass is 10.1. The number of anilines is 1. The Bertz CT molecular complexity index is 854. The second-order valence-electron chi connectivity index (χ2n) is 5.64. The number of aryl methyl sites for hydroxylation is 1. The molecule has 0 aromatic heterocycles. The predicted octanol–water partition coefficient (Wildman–Crippen LogP) is 3.52. The summed E-state index contributed by atoms with van der Waals surface area (Å²) in [5.41, 5.74) is 1.41. The fourth-order valence-corrected chi connectivity index (χ4v) is 2.62. The minimum atomic E-state index is -0.610. The van der Waals surface area contributed by atoms with E-state index in [1.807, 2.05) is 25.1 Å². The van der Waals surface area contributed by atoms with Gasteiger partial charge in [0.1, 0.15) is 0 Å². The number of amides is 2. The van der Waals surface area contributed by atoms with Crippen LogP contribution in [-0.2, 0) is 11.2 Å². The molecule has 136 valence electrons. The monoisotopic (exact) mass is 375 g/mol. The average molecular weight is 376 g/mol. The van der Waals surface area contributed by atoms with Crippen molar-refractivity contribution in [3.05, 3.63) is 68.7 Å². The fraction of sp³-hybridized carbons (Fsp3) is 0.222. The van der Waals surface area contributed by atoms with Crippen molar-refractivity contribution in [2.75, 3.05) is 18.9 Å². The van der Waals surface area contributed by atoms with Gasteiger partial charge in [0.15, 0.2) is 0 Å². The Morgan fingerprint density at radius 1 is 1.23 bits per heavy atom. The summed E-state index contributed by atoms with van der Waals surface area (Å²) in [5.74, 6) is -0.944. The van der Waals surface area contributed by atoms with Gasteiger partial charge in [0.05, 0.1) is 22.1 Å². The van der Waals surface area contributed by atoms with Gasteiger partial charge < -0.3 is 10.2 Å². The number of para-hydroxylation sites is 1. The van der Waals surface area contributed by atoms with Crippen molar-refractivity contribution >= 4 is 34.8 Å². The van der Waals surface area contributed by atoms with Gasteiger partial charge in [0.25, 0.3) is 11.6 Å². The molecule has 0 atom stereocenters. The summed E-state index contributed by atoms with van der Waals surface area (Å²) < 4.78 is 0. The lowest BCUT2D eigenvalue weighted by Crippen LogP contribution is -2.35. The molecule has 2 aromatic rings. The quantitative estimate of drug-likeness (QED) is 0.617. The zero-order chi connectivity index (χ0) is 19.3. The molecule has 0 unspecified atom stereocenters. The topological polar surface area (TPSA) is 92.6 Å². The third-order valence-corrected chi connectivity index (χ3v) is 4.12. The number of benzene rings is 2. The number of non-ortho nitro benzene ring substituents is 1. The van der Waals surface area contributed by atoms with E-state index >= 15 is 0 Å². The Morgan fingerprint density at radius 2 is 1.92 bits per heavy atom. The average Bonchev–Trinajstić information content (AvgIpc) is 2.61. The molecule has 2 aromatic carbocycles. The zero-order valence-electron chi connectivity index (χ0n) is 14.4. The lowest BCUT2D eigenvalue weighted by Gasteiger charge is -2.18. The van der Waals surface area contributed by atoms with Crippen molar-refractivity contribution in [1.82, 2.24) is 4.90 Å². The number of nitrogens with zero attached hydrogens (tertiary/aromatic N) is 2. The van der Waals surface area contributed by atoms with Crippen LogP contribution in [0.4, 0.5) is 11.4 Å². The summed E-state index contributed by atoms with van der Waals surface area (Å²) in [6.45, 7) is 1.76. The van der Waals surface area contributed by atoms with Crippen molar-refractivity contribution in [2.45, 2.75) is 13.3 Å². The first-order chi connectivity index (χ1) is 12.3. The largest absolute Gasteiger partial charge is 0.332 e. The van der Waals surface area contributed by atoms with Crippen LogP contribution in [0.5, 0.6) is 0 Å². The number of carbonyl (C=O) groups excluding carboxylic acids is 2. The molecule has 0 aliphatic heterocycles. The Hall–Kier alpha value is -2.93. The second kappa shape index (κ2) is 8.44. The van der Waals surface area contributed by atoms with Crippen LogP contribution < -0.4 is 5.32 Å². The minimum Gasteiger partial charge on any atom is -0.332 e. The second-order valence-corrected chi connectivity index (χ2v) is 6.05. The molecule has 0 saturated heterocycles. The van der Waals surface area contributed by atoms with Gasteiger partial charge in [-0.2, -0.15) is 0 Å². The highest BCUT2D eigenvalue weighted by atomic mass is 35.5. The van der Waals surface area contributed by atoms with Crippen LogP contribution in [0.3, 0.4) is 0 Å². The number of hydrogen-bond acceptors (Lipinski definition) is 4. The Morgan fingerprint density at radius 3 is 2.58 bits per heavy atom. The molecule has 7 nitrogen and oxygen atoms in total. The molecule has 1 N–H and O–H groups in total. The summed E-state index contributed by atoms with van der Waals surface area (Å²) in [6, 6.07) is 11.0. The van der Waals surface area contributed by atoms with Gasteiger partial charge in [-0.1, -0.05) is 36.7 Å². The van der Waals surface area contributed by atoms with Gasteiger partial charge in [0.2, 0.25) is 5.91 Å². The molecule has 0 spiro atoms. The first-order valence-electron chi connectivity index (χ1n) is 7.90. The highest BCUT2D eigenvalue weighted by Crippen LogP contribution is 2.23. The number of nitrogens with one attached hydrogen (secondary N) is 1. The summed E-state index contributed by atoms with van der Waals surface area (Å²) >= 11 is 5.98. The van der Waals surface area contributed by atoms with E-state index < -0.39 is 10.8 Å². The molecule has 8 heteroatoms. The number of likely N-dealkylation sites (N-methyl/N-ethyl adjacent to an activating group) is 1. The number of hydrogen-bond donors (Lipinski definition) is 1. The maximum atomic E-state index is 12.5. The van der Waals surface area contributed by atoms with E-state index in [2.05, 4.69) is 5.32 Å². The molecule has 0 fully saturated rings. The third kappa shape index (κ3) is 4.58. The summed E-state index contributed by atoms with van der Waals surface area (Å²) in [4.78, 5) is 36.2. The predicted molar refractivity (Wildman–Crippen MR) is 99.5 cm³/mol. The van der Waals surface area contributed by atoms with E-state index in [4.69, 9.17) is 11.6 Å². The summed E-state index contributed by atoms with van der Waals surface area (Å²) in [5, 5.41) is 13.7. The molecule has 0 saturated carbocycles. The minimum absolute atomic E-state index is 0.0230. The normalized spacial score (nSPS) is 10.3. The fourth-order valence-electron chi connectivity index (χ4n) is 2.42. The van der Waals surface area contributed by atoms with E-state index in [0.717, 1.165) is 23.0 Å². The maximum absolute atomic E-state index is 12.5. The van der Waals surface area contributed by atoms with Crippen molar-refractivity contribution in [2.24, 2.45) is 0 Å². The Labute approximate surface area is 155 Å². The molecule has 0 heterocycles. The number of carbonyl (C=O) groups is 2. The van der Waals surface area contributed by atoms with Gasteiger partial charge >= 0.3 is 0 Å². The van der Waals surface area contributed by atoms with Crippen molar-refractivity contribution < 1.29 is 14.5 Å². The van der Waals surface area contributed by atoms with Gasteiger partial charge in [-0.25, -0.2) is 0 Å². The Kier molecular flexibility index (Phi) is 6.30. The zero-order valence-corrected chi connectivity index (χ0v) is 15.1. The molecular weight excluding hydrogens is 358 g/mol. The van der Waals surface area contributed by atoms with Crippen molar-refractivity contribution in [3.8, 4) is 0 Å². The van der Waals surface area contributed by atoms with Gasteiger partial charge in [0, 0.05) is 24.9 Å². The lowest BCUT2D eigenvalue weighted by molar-refractivity contribution is -0.384. The molecular formula is C18H18ClN3O4. The van der Waals surface area contributed by atoms with Crippen LogP contribution in [0.1, 0.15) is 22.8 Å². The highest BCUT2D eigenvalue weighted by molar-refractivity contribution is 6.34. The first-order valence-corrected chi connectivity index (χ1v) is 8.28. The van der Waals surface area contributed by atoms with Crippen LogP contribution in [-0.4, -0.2) is 35.2 Å². The molecule has 0 radical (unpaired) electrons. The van der Waals surface area contributed by atoms with Crippen LogP contribution in [0.2, 0.25) is 5.02 Å². The summed E-state index contributed by atoms with van der Waals surface area (Å²) in [7, 11) is 1.43. The Balaban J connectivity index is 2.10. The third-order valence-electron chi connectivity index (χ3n) is 3.79. The van der Waals surface area contributed by atoms with Crippen LogP contribution in [0.25, 0.3) is 0 Å². The maximum Gasteiger partial charge on any atom is 0.270 e. The number of nitro groups is 1. The first kappa shape index (κ1) is 19.4. The SMILES string of the molecule is CCc1ccccc1NC(=O)CN(C)C(=O)c1cc([N+](=O)[O-])ccc1Cl. The van der Waals surface area contributed by atoms with Crippen LogP contribution in [0.15, 0.2) is 42.5 Å². The van der Waals surface area contributed by atoms with Gasteiger partial charge in [-0.15, -0.1) is 0 Å². The van der Waals surface area contributed by atoms with E-state index in [9.17, 15) is 19.7 Å². The van der Waals surface area contributed by atoms with Crippen LogP contribution >= 0.6 is 11.6 Å². The van der Waals surface area contributed by atoms with Crippen molar-refractivity contribution in [3.63, 3.8) is 0 Å². The van der Waals surface area contributed by atoms with Gasteiger partial charge in [-0.05, 0) is 24.1 Å². The number of nitro benzene ring substituents is 1. The van der Waals surface area contributed by atoms with Crippen LogP contribution in [0, 0.1) is 10.1 Å². The number of halogens is 1. The smallest absolute Gasteiger partial charge is 0.270 e. The summed E-state index contributed by atoms with van der Waals surface area (Å²) in [6.07, 6.45) is 0.758. The molecule has 0 aliphatic carbocycles. The molecule has 0 aliphatic rings. The molecule has 26 heavy (non-hydrogen) atoms. The highest BCUT2D eigenvalue weighted by Gasteiger charge is 2.21. The molecule has 0 bridgehead atoms. The van der Waals surface area contributed by atoms with E-state index in [0.29, 0.717) is 5.69 Å². The van der Waals surface area contributed by atoms with E-state index in [-0.39, 0.29) is 28.7 Å². The van der Waals surface area contributed by atoms with Crippen molar-refractivity contribution in [1.29, 1.82) is 0 Å². The van der Waals surface area contributed by atoms with E-state index in [1.54, 1.807) is 6.07 Å². The molecule has 2 amide bonds. The van der Waals surface area contributed by atoms with Gasteiger partial charge in [-0.3, -0.25) is 19.7 Å². The van der Waals surface area contributed by atoms with E-state index in [1.165, 1.54) is 19.2 Å². The molecule has 2 rings (SSSR count). The standard InChI is InChI=1S/C18H18ClN3O4/c1-3-12-6-4-5-7-16(12)20-17(23)11-21(2)18(24)14-10-13(22(25)26)8-9-15(14)19/h4-10H,3,11H2,1-2H3,(H,20,23).